The van der Waals surface area contributed by atoms with Crippen molar-refractivity contribution in [1.29, 1.82) is 0 Å². The maximum Gasteiger partial charge on any atom is 0.232 e. The largest absolute Gasteiger partial charge is 0.324 e. The van der Waals surface area contributed by atoms with Gasteiger partial charge in [-0.3, -0.25) is 0 Å². The van der Waals surface area contributed by atoms with Crippen molar-refractivity contribution in [3.63, 3.8) is 0 Å². The van der Waals surface area contributed by atoms with Gasteiger partial charge in [-0.2, -0.15) is 15.0 Å². The maximum absolute atomic E-state index is 6.00. The van der Waals surface area contributed by atoms with Crippen molar-refractivity contribution in [3.05, 3.63) is 39.4 Å². The van der Waals surface area contributed by atoms with Crippen molar-refractivity contribution in [2.24, 2.45) is 0 Å². The maximum atomic E-state index is 6.00. The van der Waals surface area contributed by atoms with Crippen LogP contribution in [0.3, 0.4) is 0 Å². The van der Waals surface area contributed by atoms with E-state index in [1.165, 1.54) is 0 Å². The third kappa shape index (κ3) is 2.97. The molecule has 2 rings (SSSR count). The van der Waals surface area contributed by atoms with Crippen LogP contribution in [0, 0.1) is 6.92 Å². The van der Waals surface area contributed by atoms with E-state index in [1.54, 1.807) is 6.07 Å². The van der Waals surface area contributed by atoms with Crippen LogP contribution in [0.1, 0.15) is 5.56 Å². The van der Waals surface area contributed by atoms with Gasteiger partial charge in [-0.1, -0.05) is 17.7 Å². The summed E-state index contributed by atoms with van der Waals surface area (Å²) in [5.41, 5.74) is 1.68. The fraction of sp³-hybridized carbons (Fsp3) is 0.100. The topological polar surface area (TPSA) is 50.7 Å². The number of halogens is 3. The molecule has 1 aromatic carbocycles. The molecule has 88 valence electrons. The summed E-state index contributed by atoms with van der Waals surface area (Å²) in [4.78, 5) is 11.5. The van der Waals surface area contributed by atoms with Crippen LogP contribution in [0.25, 0.3) is 0 Å². The molecule has 0 saturated carbocycles. The van der Waals surface area contributed by atoms with Gasteiger partial charge in [-0.15, -0.1) is 0 Å². The third-order valence-corrected chi connectivity index (χ3v) is 2.84. The van der Waals surface area contributed by atoms with Gasteiger partial charge in [0, 0.05) is 10.7 Å². The Morgan fingerprint density at radius 1 is 1.00 bits per heavy atom. The fourth-order valence-corrected chi connectivity index (χ4v) is 1.78. The summed E-state index contributed by atoms with van der Waals surface area (Å²) >= 11 is 17.3. The summed E-state index contributed by atoms with van der Waals surface area (Å²) in [5, 5.41) is 3.70. The Bertz CT molecular complexity index is 539. The average Bonchev–Trinajstić information content (AvgIpc) is 2.23. The lowest BCUT2D eigenvalue weighted by molar-refractivity contribution is 1.05. The van der Waals surface area contributed by atoms with E-state index in [-0.39, 0.29) is 16.5 Å². The van der Waals surface area contributed by atoms with Gasteiger partial charge in [0.05, 0.1) is 0 Å². The van der Waals surface area contributed by atoms with Gasteiger partial charge in [-0.05, 0) is 47.8 Å². The molecule has 1 aromatic heterocycles. The molecular formula is C10H7Cl3N4. The molecule has 0 bridgehead atoms. The second-order valence-corrected chi connectivity index (χ2v) is 4.32. The molecule has 0 spiro atoms. The molecule has 2 aromatic rings. The van der Waals surface area contributed by atoms with Crippen LogP contribution in [0.5, 0.6) is 0 Å². The number of nitrogens with one attached hydrogen (secondary N) is 1. The average molecular weight is 290 g/mol. The summed E-state index contributed by atoms with van der Waals surface area (Å²) in [7, 11) is 0. The second-order valence-electron chi connectivity index (χ2n) is 3.23. The van der Waals surface area contributed by atoms with E-state index in [0.29, 0.717) is 5.02 Å². The number of aromatic nitrogens is 3. The predicted octanol–water partition coefficient (Wildman–Crippen LogP) is 3.88. The lowest BCUT2D eigenvalue weighted by Gasteiger charge is -2.08. The molecule has 1 heterocycles. The number of hydrogen-bond acceptors (Lipinski definition) is 4. The number of nitrogens with zero attached hydrogens (tertiary/aromatic N) is 3. The Morgan fingerprint density at radius 2 is 1.65 bits per heavy atom. The van der Waals surface area contributed by atoms with Crippen molar-refractivity contribution in [3.8, 4) is 0 Å². The SMILES string of the molecule is Cc1c(Cl)cccc1Nc1nc(Cl)nc(Cl)n1. The lowest BCUT2D eigenvalue weighted by Crippen LogP contribution is -2.00. The zero-order valence-corrected chi connectivity index (χ0v) is 11.0. The van der Waals surface area contributed by atoms with Crippen LogP contribution in [0.15, 0.2) is 18.2 Å². The highest BCUT2D eigenvalue weighted by atomic mass is 35.5. The van der Waals surface area contributed by atoms with Crippen molar-refractivity contribution >= 4 is 46.4 Å². The van der Waals surface area contributed by atoms with Crippen LogP contribution in [-0.2, 0) is 0 Å². The highest BCUT2D eigenvalue weighted by Gasteiger charge is 2.06. The molecule has 0 saturated heterocycles. The molecule has 0 atom stereocenters. The number of anilines is 2. The molecule has 1 N–H and O–H groups in total. The highest BCUT2D eigenvalue weighted by Crippen LogP contribution is 2.25. The molecule has 0 aliphatic heterocycles. The molecule has 0 aliphatic carbocycles. The Labute approximate surface area is 113 Å². The van der Waals surface area contributed by atoms with E-state index in [1.807, 2.05) is 19.1 Å². The molecule has 0 aliphatic rings. The minimum atomic E-state index is 0.0344. The first-order chi connectivity index (χ1) is 8.06. The van der Waals surface area contributed by atoms with E-state index < -0.39 is 0 Å². The quantitative estimate of drug-likeness (QED) is 0.911. The fourth-order valence-electron chi connectivity index (χ4n) is 1.25. The predicted molar refractivity (Wildman–Crippen MR) is 69.3 cm³/mol. The monoisotopic (exact) mass is 288 g/mol. The van der Waals surface area contributed by atoms with Crippen LogP contribution >= 0.6 is 34.8 Å². The van der Waals surface area contributed by atoms with E-state index >= 15 is 0 Å². The molecule has 0 radical (unpaired) electrons. The van der Waals surface area contributed by atoms with Gasteiger partial charge in [0.2, 0.25) is 16.5 Å². The van der Waals surface area contributed by atoms with Gasteiger partial charge in [0.15, 0.2) is 0 Å². The Balaban J connectivity index is 2.34. The standard InChI is InChI=1S/C10H7Cl3N4/c1-5-6(11)3-2-4-7(5)14-10-16-8(12)15-9(13)17-10/h2-4H,1H3,(H,14,15,16,17). The zero-order valence-electron chi connectivity index (χ0n) is 8.71. The van der Waals surface area contributed by atoms with Crippen LogP contribution < -0.4 is 5.32 Å². The Morgan fingerprint density at radius 3 is 2.29 bits per heavy atom. The summed E-state index contributed by atoms with van der Waals surface area (Å²) in [5.74, 6) is 0.278. The number of benzene rings is 1. The first-order valence-electron chi connectivity index (χ1n) is 4.65. The van der Waals surface area contributed by atoms with E-state index in [4.69, 9.17) is 34.8 Å². The molecule has 0 unspecified atom stereocenters. The molecule has 17 heavy (non-hydrogen) atoms. The first-order valence-corrected chi connectivity index (χ1v) is 5.79. The number of hydrogen-bond donors (Lipinski definition) is 1. The van der Waals surface area contributed by atoms with Gasteiger partial charge >= 0.3 is 0 Å². The Kier molecular flexibility index (Phi) is 3.66. The zero-order chi connectivity index (χ0) is 12.4. The summed E-state index contributed by atoms with van der Waals surface area (Å²) in [6.07, 6.45) is 0. The van der Waals surface area contributed by atoms with Gasteiger partial charge in [0.1, 0.15) is 0 Å². The number of rotatable bonds is 2. The van der Waals surface area contributed by atoms with Crippen molar-refractivity contribution < 1.29 is 0 Å². The minimum Gasteiger partial charge on any atom is -0.324 e. The van der Waals surface area contributed by atoms with Crippen molar-refractivity contribution in [2.75, 3.05) is 5.32 Å². The lowest BCUT2D eigenvalue weighted by atomic mass is 10.2. The summed E-state index contributed by atoms with van der Waals surface area (Å²) in [6, 6.07) is 5.48. The van der Waals surface area contributed by atoms with Gasteiger partial charge in [0.25, 0.3) is 0 Å². The van der Waals surface area contributed by atoms with Gasteiger partial charge in [-0.25, -0.2) is 0 Å². The summed E-state index contributed by atoms with van der Waals surface area (Å²) in [6.45, 7) is 1.88. The molecule has 0 fully saturated rings. The van der Waals surface area contributed by atoms with E-state index in [9.17, 15) is 0 Å². The smallest absolute Gasteiger partial charge is 0.232 e. The summed E-state index contributed by atoms with van der Waals surface area (Å²) < 4.78 is 0. The highest BCUT2D eigenvalue weighted by molar-refractivity contribution is 6.32. The Hall–Kier alpha value is -1.10. The van der Waals surface area contributed by atoms with Crippen LogP contribution in [0.4, 0.5) is 11.6 Å². The second kappa shape index (κ2) is 5.04. The molecule has 7 heteroatoms. The van der Waals surface area contributed by atoms with Crippen LogP contribution in [-0.4, -0.2) is 15.0 Å². The first kappa shape index (κ1) is 12.4. The van der Waals surface area contributed by atoms with Crippen molar-refractivity contribution in [1.82, 2.24) is 15.0 Å². The van der Waals surface area contributed by atoms with Crippen molar-refractivity contribution in [2.45, 2.75) is 6.92 Å². The van der Waals surface area contributed by atoms with Crippen LogP contribution in [0.2, 0.25) is 15.6 Å². The molecule has 4 nitrogen and oxygen atoms in total. The normalized spacial score (nSPS) is 10.4. The third-order valence-electron chi connectivity index (χ3n) is 2.09. The van der Waals surface area contributed by atoms with E-state index in [0.717, 1.165) is 11.3 Å². The molecular weight excluding hydrogens is 282 g/mol. The van der Waals surface area contributed by atoms with E-state index in [2.05, 4.69) is 20.3 Å². The molecule has 0 amide bonds. The minimum absolute atomic E-state index is 0.0344. The van der Waals surface area contributed by atoms with Gasteiger partial charge < -0.3 is 5.32 Å².